The number of benzene rings is 3. The van der Waals surface area contributed by atoms with Crippen LogP contribution in [0.15, 0.2) is 100 Å². The first-order valence-corrected chi connectivity index (χ1v) is 15.1. The number of sulfonamides is 1. The van der Waals surface area contributed by atoms with Crippen molar-refractivity contribution in [3.8, 4) is 5.75 Å². The van der Waals surface area contributed by atoms with E-state index in [1.54, 1.807) is 29.2 Å². The molecule has 4 aromatic rings. The average molecular weight is 590 g/mol. The van der Waals surface area contributed by atoms with Gasteiger partial charge in [0.15, 0.2) is 0 Å². The number of carboxylic acids is 1. The van der Waals surface area contributed by atoms with Gasteiger partial charge in [0.1, 0.15) is 29.9 Å². The molecule has 2 N–H and O–H groups in total. The maximum Gasteiger partial charge on any atom is 0.322 e. The molecule has 0 aliphatic carbocycles. The number of carbonyl (C=O) groups is 2. The van der Waals surface area contributed by atoms with Crippen molar-refractivity contribution in [3.63, 3.8) is 0 Å². The number of aliphatic carboxylic acids is 1. The van der Waals surface area contributed by atoms with Crippen LogP contribution in [0.5, 0.6) is 5.75 Å². The fraction of sp³-hybridized carbons (Fsp3) is 0.258. The lowest BCUT2D eigenvalue weighted by Crippen LogP contribution is -2.42. The van der Waals surface area contributed by atoms with Crippen molar-refractivity contribution in [1.29, 1.82) is 0 Å². The molecule has 2 atom stereocenters. The molecule has 0 radical (unpaired) electrons. The lowest BCUT2D eigenvalue weighted by molar-refractivity contribution is -0.139. The summed E-state index contributed by atoms with van der Waals surface area (Å²) in [6.07, 6.45) is 1.47. The maximum absolute atomic E-state index is 13.2. The molecular weight excluding hydrogens is 558 g/mol. The lowest BCUT2D eigenvalue weighted by Gasteiger charge is -2.23. The van der Waals surface area contributed by atoms with Crippen LogP contribution in [0.25, 0.3) is 0 Å². The van der Waals surface area contributed by atoms with Crippen LogP contribution in [0.2, 0.25) is 0 Å². The highest BCUT2D eigenvalue weighted by atomic mass is 32.2. The van der Waals surface area contributed by atoms with Crippen LogP contribution in [-0.4, -0.2) is 48.0 Å². The van der Waals surface area contributed by atoms with Gasteiger partial charge in [-0.05, 0) is 48.2 Å². The first kappa shape index (κ1) is 29.0. The highest BCUT2D eigenvalue weighted by Gasteiger charge is 2.33. The first-order chi connectivity index (χ1) is 20.3. The molecule has 11 heteroatoms. The zero-order valence-electron chi connectivity index (χ0n) is 22.8. The Hall–Kier alpha value is -4.48. The van der Waals surface area contributed by atoms with Gasteiger partial charge in [-0.3, -0.25) is 9.59 Å². The Balaban J connectivity index is 1.19. The number of carbonyl (C=O) groups excluding carboxylic acids is 1. The summed E-state index contributed by atoms with van der Waals surface area (Å²) in [6.45, 7) is 1.00. The van der Waals surface area contributed by atoms with Gasteiger partial charge in [0.2, 0.25) is 15.9 Å². The third kappa shape index (κ3) is 7.23. The molecule has 218 valence electrons. The molecular formula is C31H31N3O7S. The Morgan fingerprint density at radius 1 is 1.00 bits per heavy atom. The van der Waals surface area contributed by atoms with Crippen molar-refractivity contribution in [2.24, 2.45) is 0 Å². The standard InChI is InChI=1S/C31H31N3O7S/c35-30(18-22-13-15-23(16-14-22)21-40-24-8-3-1-4-9-24)34-17-7-12-29(34)27-19-25(41-32-27)20-28(31(36)37)33-42(38,39)26-10-5-2-6-11-26/h1-6,8-11,13-16,19,28-29,33H,7,12,17-18,20-21H2,(H,36,37). The van der Waals surface area contributed by atoms with E-state index < -0.39 is 22.0 Å². The minimum Gasteiger partial charge on any atom is -0.489 e. The van der Waals surface area contributed by atoms with E-state index in [9.17, 15) is 23.1 Å². The smallest absolute Gasteiger partial charge is 0.322 e. The molecule has 42 heavy (non-hydrogen) atoms. The molecule has 2 unspecified atom stereocenters. The number of nitrogens with zero attached hydrogens (tertiary/aromatic N) is 2. The number of hydrogen-bond acceptors (Lipinski definition) is 7. The summed E-state index contributed by atoms with van der Waals surface area (Å²) in [5, 5.41) is 13.8. The van der Waals surface area contributed by atoms with Gasteiger partial charge in [-0.2, -0.15) is 4.72 Å². The number of rotatable bonds is 12. The summed E-state index contributed by atoms with van der Waals surface area (Å²) in [5.41, 5.74) is 2.39. The van der Waals surface area contributed by atoms with Gasteiger partial charge in [0, 0.05) is 19.0 Å². The maximum atomic E-state index is 13.2. The summed E-state index contributed by atoms with van der Waals surface area (Å²) in [4.78, 5) is 26.8. The average Bonchev–Trinajstić information content (AvgIpc) is 3.67. The second-order valence-corrected chi connectivity index (χ2v) is 11.8. The minimum absolute atomic E-state index is 0.0372. The van der Waals surface area contributed by atoms with Crippen molar-refractivity contribution in [1.82, 2.24) is 14.8 Å². The van der Waals surface area contributed by atoms with Gasteiger partial charge >= 0.3 is 5.97 Å². The summed E-state index contributed by atoms with van der Waals surface area (Å²) in [5.74, 6) is -0.391. The summed E-state index contributed by atoms with van der Waals surface area (Å²) in [6, 6.07) is 24.7. The number of nitrogens with one attached hydrogen (secondary N) is 1. The third-order valence-electron chi connectivity index (χ3n) is 7.07. The Morgan fingerprint density at radius 3 is 2.36 bits per heavy atom. The van der Waals surface area contributed by atoms with E-state index in [1.807, 2.05) is 54.6 Å². The van der Waals surface area contributed by atoms with Crippen LogP contribution in [-0.2, 0) is 39.1 Å². The van der Waals surface area contributed by atoms with Crippen LogP contribution >= 0.6 is 0 Å². The van der Waals surface area contributed by atoms with Crippen molar-refractivity contribution in [2.45, 2.75) is 49.3 Å². The van der Waals surface area contributed by atoms with Gasteiger partial charge < -0.3 is 19.3 Å². The molecule has 1 aliphatic rings. The van der Waals surface area contributed by atoms with Gasteiger partial charge in [0.05, 0.1) is 17.4 Å². The van der Waals surface area contributed by atoms with Crippen molar-refractivity contribution in [3.05, 3.63) is 114 Å². The molecule has 1 aliphatic heterocycles. The second-order valence-electron chi connectivity index (χ2n) is 10.1. The van der Waals surface area contributed by atoms with Gasteiger partial charge in [0.25, 0.3) is 0 Å². The summed E-state index contributed by atoms with van der Waals surface area (Å²) in [7, 11) is -4.05. The Bertz CT molecular complexity index is 1610. The molecule has 10 nitrogen and oxygen atoms in total. The van der Waals surface area contributed by atoms with Crippen LogP contribution in [0.4, 0.5) is 0 Å². The van der Waals surface area contributed by atoms with Gasteiger partial charge in [-0.1, -0.05) is 65.8 Å². The highest BCUT2D eigenvalue weighted by molar-refractivity contribution is 7.89. The van der Waals surface area contributed by atoms with Crippen LogP contribution in [0.1, 0.15) is 41.5 Å². The van der Waals surface area contributed by atoms with Gasteiger partial charge in [-0.15, -0.1) is 0 Å². The van der Waals surface area contributed by atoms with Crippen molar-refractivity contribution < 1.29 is 32.4 Å². The largest absolute Gasteiger partial charge is 0.489 e. The molecule has 1 aromatic heterocycles. The monoisotopic (exact) mass is 589 g/mol. The zero-order valence-corrected chi connectivity index (χ0v) is 23.6. The van der Waals surface area contributed by atoms with Crippen LogP contribution in [0, 0.1) is 0 Å². The fourth-order valence-electron chi connectivity index (χ4n) is 4.90. The second kappa shape index (κ2) is 13.0. The normalized spacial score (nSPS) is 15.8. The van der Waals surface area contributed by atoms with E-state index in [1.165, 1.54) is 12.1 Å². The van der Waals surface area contributed by atoms with E-state index in [0.29, 0.717) is 25.3 Å². The zero-order chi connectivity index (χ0) is 29.5. The fourth-order valence-corrected chi connectivity index (χ4v) is 6.11. The van der Waals surface area contributed by atoms with E-state index in [-0.39, 0.29) is 35.4 Å². The number of aromatic nitrogens is 1. The van der Waals surface area contributed by atoms with Crippen LogP contribution < -0.4 is 9.46 Å². The highest BCUT2D eigenvalue weighted by Crippen LogP contribution is 2.32. The van der Waals surface area contributed by atoms with Crippen molar-refractivity contribution >= 4 is 21.9 Å². The molecule has 3 aromatic carbocycles. The lowest BCUT2D eigenvalue weighted by atomic mass is 10.1. The third-order valence-corrected chi connectivity index (χ3v) is 8.56. The van der Waals surface area contributed by atoms with Crippen LogP contribution in [0.3, 0.4) is 0 Å². The number of carboxylic acid groups (broad SMARTS) is 1. The number of ether oxygens (including phenoxy) is 1. The van der Waals surface area contributed by atoms with Crippen molar-refractivity contribution in [2.75, 3.05) is 6.54 Å². The van der Waals surface area contributed by atoms with E-state index >= 15 is 0 Å². The number of likely N-dealkylation sites (tertiary alicyclic amines) is 1. The van der Waals surface area contributed by atoms with E-state index in [4.69, 9.17) is 9.26 Å². The molecule has 2 heterocycles. The van der Waals surface area contributed by atoms with E-state index in [2.05, 4.69) is 9.88 Å². The quantitative estimate of drug-likeness (QED) is 0.252. The Labute approximate surface area is 244 Å². The summed E-state index contributed by atoms with van der Waals surface area (Å²) < 4.78 is 38.7. The van der Waals surface area contributed by atoms with Gasteiger partial charge in [-0.25, -0.2) is 8.42 Å². The minimum atomic E-state index is -4.05. The molecule has 0 saturated carbocycles. The predicted octanol–water partition coefficient (Wildman–Crippen LogP) is 4.13. The Kier molecular flexibility index (Phi) is 8.99. The molecule has 0 bridgehead atoms. The molecule has 1 saturated heterocycles. The molecule has 1 amide bonds. The molecule has 1 fully saturated rings. The SMILES string of the molecule is O=C(O)C(Cc1cc(C2CCCN2C(=O)Cc2ccc(COc3ccccc3)cc2)no1)NS(=O)(=O)c1ccccc1. The topological polar surface area (TPSA) is 139 Å². The number of amides is 1. The summed E-state index contributed by atoms with van der Waals surface area (Å²) >= 11 is 0. The Morgan fingerprint density at radius 2 is 1.67 bits per heavy atom. The molecule has 0 spiro atoms. The predicted molar refractivity (Wildman–Crippen MR) is 153 cm³/mol. The number of hydrogen-bond donors (Lipinski definition) is 2. The first-order valence-electron chi connectivity index (χ1n) is 13.6. The molecule has 5 rings (SSSR count). The number of para-hydroxylation sites is 1. The van der Waals surface area contributed by atoms with E-state index in [0.717, 1.165) is 23.3 Å².